The maximum atomic E-state index is 5.34. The number of hydrogen-bond donors (Lipinski definition) is 0. The highest BCUT2D eigenvalue weighted by Gasteiger charge is 2.28. The smallest absolute Gasteiger partial charge is 0.119 e. The number of para-hydroxylation sites is 1. The van der Waals surface area contributed by atoms with Gasteiger partial charge in [0.25, 0.3) is 0 Å². The van der Waals surface area contributed by atoms with Crippen LogP contribution in [0.4, 0.5) is 0 Å². The minimum atomic E-state index is 0.443. The number of aromatic nitrogens is 1. The molecule has 0 aliphatic carbocycles. The van der Waals surface area contributed by atoms with E-state index in [0.717, 1.165) is 24.4 Å². The number of thiazole rings is 1. The number of nitrogens with zero attached hydrogens (tertiary/aromatic N) is 2. The average Bonchev–Trinajstić information content (AvgIpc) is 3.21. The van der Waals surface area contributed by atoms with E-state index in [2.05, 4.69) is 47.4 Å². The molecule has 2 heterocycles. The molecule has 0 radical (unpaired) electrons. The number of fused-ring (bicyclic) bond motifs is 1. The summed E-state index contributed by atoms with van der Waals surface area (Å²) in [7, 11) is 1.72. The fourth-order valence-corrected chi connectivity index (χ4v) is 4.47. The van der Waals surface area contributed by atoms with Gasteiger partial charge in [-0.15, -0.1) is 11.3 Å². The van der Waals surface area contributed by atoms with Gasteiger partial charge in [0.1, 0.15) is 10.8 Å². The molecule has 0 saturated carbocycles. The summed E-state index contributed by atoms with van der Waals surface area (Å²) in [6.45, 7) is 2.09. The van der Waals surface area contributed by atoms with E-state index >= 15 is 0 Å². The first kappa shape index (κ1) is 14.7. The Morgan fingerprint density at radius 1 is 1.22 bits per heavy atom. The van der Waals surface area contributed by atoms with Crippen LogP contribution in [0, 0.1) is 0 Å². The van der Waals surface area contributed by atoms with Crippen molar-refractivity contribution in [1.29, 1.82) is 0 Å². The van der Waals surface area contributed by atoms with Crippen molar-refractivity contribution in [2.24, 2.45) is 0 Å². The number of methoxy groups -OCH3 is 1. The maximum Gasteiger partial charge on any atom is 0.119 e. The Hall–Kier alpha value is -1.91. The van der Waals surface area contributed by atoms with Gasteiger partial charge in [0.05, 0.1) is 23.4 Å². The lowest BCUT2D eigenvalue weighted by atomic mass is 10.2. The Labute approximate surface area is 140 Å². The second-order valence-electron chi connectivity index (χ2n) is 6.00. The van der Waals surface area contributed by atoms with Gasteiger partial charge in [-0.1, -0.05) is 24.3 Å². The third-order valence-corrected chi connectivity index (χ3v) is 5.62. The summed E-state index contributed by atoms with van der Waals surface area (Å²) >= 11 is 1.84. The summed E-state index contributed by atoms with van der Waals surface area (Å²) in [5.41, 5.74) is 2.43. The van der Waals surface area contributed by atoms with Gasteiger partial charge < -0.3 is 4.74 Å². The van der Waals surface area contributed by atoms with Gasteiger partial charge in [0.2, 0.25) is 0 Å². The topological polar surface area (TPSA) is 25.4 Å². The van der Waals surface area contributed by atoms with Gasteiger partial charge in [-0.2, -0.15) is 0 Å². The van der Waals surface area contributed by atoms with Crippen LogP contribution < -0.4 is 4.74 Å². The number of likely N-dealkylation sites (tertiary alicyclic amines) is 1. The predicted molar refractivity (Wildman–Crippen MR) is 95.0 cm³/mol. The molecule has 2 aromatic carbocycles. The fourth-order valence-electron chi connectivity index (χ4n) is 3.33. The van der Waals surface area contributed by atoms with Crippen LogP contribution in [0.15, 0.2) is 48.5 Å². The molecule has 1 aromatic heterocycles. The summed E-state index contributed by atoms with van der Waals surface area (Å²) in [5, 5.41) is 1.26. The van der Waals surface area contributed by atoms with Crippen LogP contribution in [-0.4, -0.2) is 23.5 Å². The molecule has 4 rings (SSSR count). The molecule has 1 saturated heterocycles. The quantitative estimate of drug-likeness (QED) is 0.699. The van der Waals surface area contributed by atoms with Crippen LogP contribution in [0.3, 0.4) is 0 Å². The Balaban J connectivity index is 1.58. The Morgan fingerprint density at radius 3 is 3.00 bits per heavy atom. The lowest BCUT2D eigenvalue weighted by Gasteiger charge is -2.23. The molecule has 1 unspecified atom stereocenters. The highest BCUT2D eigenvalue weighted by atomic mass is 32.1. The van der Waals surface area contributed by atoms with E-state index in [0.29, 0.717) is 6.04 Å². The van der Waals surface area contributed by atoms with Gasteiger partial charge in [-0.25, -0.2) is 4.98 Å². The van der Waals surface area contributed by atoms with E-state index in [-0.39, 0.29) is 0 Å². The first-order chi connectivity index (χ1) is 11.3. The SMILES string of the molecule is COc1cccc(CN2CCCC2c2nc3ccccc3s2)c1. The molecule has 1 aliphatic heterocycles. The minimum absolute atomic E-state index is 0.443. The van der Waals surface area contributed by atoms with Gasteiger partial charge >= 0.3 is 0 Å². The summed E-state index contributed by atoms with van der Waals surface area (Å²) < 4.78 is 6.63. The molecule has 3 nitrogen and oxygen atoms in total. The number of ether oxygens (including phenoxy) is 1. The fraction of sp³-hybridized carbons (Fsp3) is 0.316. The average molecular weight is 324 g/mol. The van der Waals surface area contributed by atoms with E-state index in [4.69, 9.17) is 9.72 Å². The summed E-state index contributed by atoms with van der Waals surface area (Å²) in [5.74, 6) is 0.929. The Morgan fingerprint density at radius 2 is 2.13 bits per heavy atom. The third-order valence-electron chi connectivity index (χ3n) is 4.48. The molecule has 1 atom stereocenters. The molecule has 1 aliphatic rings. The van der Waals surface area contributed by atoms with Crippen LogP contribution >= 0.6 is 11.3 Å². The van der Waals surface area contributed by atoms with Gasteiger partial charge in [0.15, 0.2) is 0 Å². The molecular weight excluding hydrogens is 304 g/mol. The first-order valence-electron chi connectivity index (χ1n) is 8.06. The molecule has 0 spiro atoms. The maximum absolute atomic E-state index is 5.34. The van der Waals surface area contributed by atoms with E-state index in [1.807, 2.05) is 17.4 Å². The summed E-state index contributed by atoms with van der Waals surface area (Å²) in [6, 6.07) is 17.2. The summed E-state index contributed by atoms with van der Waals surface area (Å²) in [6.07, 6.45) is 2.44. The number of rotatable bonds is 4. The van der Waals surface area contributed by atoms with Crippen molar-refractivity contribution in [3.8, 4) is 5.75 Å². The van der Waals surface area contributed by atoms with Crippen LogP contribution in [0.2, 0.25) is 0 Å². The van der Waals surface area contributed by atoms with Crippen LogP contribution in [-0.2, 0) is 6.54 Å². The molecule has 1 fully saturated rings. The lowest BCUT2D eigenvalue weighted by molar-refractivity contribution is 0.248. The molecule has 3 aromatic rings. The van der Waals surface area contributed by atoms with Gasteiger partial charge in [-0.05, 0) is 49.2 Å². The molecule has 0 amide bonds. The van der Waals surface area contributed by atoms with E-state index < -0.39 is 0 Å². The molecule has 23 heavy (non-hydrogen) atoms. The minimum Gasteiger partial charge on any atom is -0.497 e. The molecule has 118 valence electrons. The van der Waals surface area contributed by atoms with Gasteiger partial charge in [-0.3, -0.25) is 4.90 Å². The lowest BCUT2D eigenvalue weighted by Crippen LogP contribution is -2.22. The van der Waals surface area contributed by atoms with E-state index in [1.54, 1.807) is 7.11 Å². The van der Waals surface area contributed by atoms with E-state index in [1.165, 1.54) is 28.1 Å². The zero-order chi connectivity index (χ0) is 15.6. The van der Waals surface area contributed by atoms with Crippen LogP contribution in [0.1, 0.15) is 29.5 Å². The Bertz CT molecular complexity index is 781. The van der Waals surface area contributed by atoms with E-state index in [9.17, 15) is 0 Å². The van der Waals surface area contributed by atoms with Crippen molar-refractivity contribution >= 4 is 21.6 Å². The third kappa shape index (κ3) is 2.96. The zero-order valence-corrected chi connectivity index (χ0v) is 14.1. The van der Waals surface area contributed by atoms with Crippen molar-refractivity contribution in [3.63, 3.8) is 0 Å². The van der Waals surface area contributed by atoms with Crippen molar-refractivity contribution in [1.82, 2.24) is 9.88 Å². The van der Waals surface area contributed by atoms with Crippen molar-refractivity contribution in [2.45, 2.75) is 25.4 Å². The largest absolute Gasteiger partial charge is 0.497 e. The first-order valence-corrected chi connectivity index (χ1v) is 8.87. The molecular formula is C19H20N2OS. The molecule has 4 heteroatoms. The highest BCUT2D eigenvalue weighted by molar-refractivity contribution is 7.18. The highest BCUT2D eigenvalue weighted by Crippen LogP contribution is 2.37. The summed E-state index contributed by atoms with van der Waals surface area (Å²) in [4.78, 5) is 7.42. The standard InChI is InChI=1S/C19H20N2OS/c1-22-15-7-4-6-14(12-15)13-21-11-5-9-17(21)19-20-16-8-2-3-10-18(16)23-19/h2-4,6-8,10,12,17H,5,9,11,13H2,1H3. The van der Waals surface area contributed by atoms with Gasteiger partial charge in [0, 0.05) is 6.54 Å². The van der Waals surface area contributed by atoms with Crippen molar-refractivity contribution in [3.05, 3.63) is 59.1 Å². The van der Waals surface area contributed by atoms with Crippen molar-refractivity contribution < 1.29 is 4.74 Å². The molecule has 0 bridgehead atoms. The predicted octanol–water partition coefficient (Wildman–Crippen LogP) is 4.64. The Kier molecular flexibility index (Phi) is 4.02. The number of benzene rings is 2. The second-order valence-corrected chi connectivity index (χ2v) is 7.06. The zero-order valence-electron chi connectivity index (χ0n) is 13.2. The van der Waals surface area contributed by atoms with Crippen LogP contribution in [0.25, 0.3) is 10.2 Å². The molecule has 0 N–H and O–H groups in total. The normalized spacial score (nSPS) is 18.6. The van der Waals surface area contributed by atoms with Crippen LogP contribution in [0.5, 0.6) is 5.75 Å². The van der Waals surface area contributed by atoms with Crippen molar-refractivity contribution in [2.75, 3.05) is 13.7 Å². The second kappa shape index (κ2) is 6.30. The monoisotopic (exact) mass is 324 g/mol. The number of hydrogen-bond acceptors (Lipinski definition) is 4.